The number of aliphatic imine (C=N–C) groups is 1. The van der Waals surface area contributed by atoms with Gasteiger partial charge in [-0.1, -0.05) is 13.8 Å². The van der Waals surface area contributed by atoms with Crippen LogP contribution in [0.2, 0.25) is 0 Å². The number of hydrogen-bond acceptors (Lipinski definition) is 7. The van der Waals surface area contributed by atoms with Gasteiger partial charge in [0.05, 0.1) is 18.7 Å². The van der Waals surface area contributed by atoms with E-state index in [1.165, 1.54) is 17.0 Å². The summed E-state index contributed by atoms with van der Waals surface area (Å²) < 4.78 is 19.9. The molecule has 0 saturated carbocycles. The molecule has 0 bridgehead atoms. The topological polar surface area (TPSA) is 138 Å². The minimum atomic E-state index is -1.79. The molecule has 0 aliphatic carbocycles. The van der Waals surface area contributed by atoms with Crippen LogP contribution < -0.4 is 16.0 Å². The molecule has 2 unspecified atom stereocenters. The summed E-state index contributed by atoms with van der Waals surface area (Å²) in [5.41, 5.74) is 8.03. The fourth-order valence-corrected chi connectivity index (χ4v) is 4.69. The fourth-order valence-electron chi connectivity index (χ4n) is 4.69. The Kier molecular flexibility index (Phi) is 8.38. The molecule has 0 spiro atoms. The van der Waals surface area contributed by atoms with Crippen LogP contribution in [0.25, 0.3) is 0 Å². The number of anilines is 2. The number of aliphatic hydroxyl groups is 1. The van der Waals surface area contributed by atoms with Crippen molar-refractivity contribution < 1.29 is 28.6 Å². The van der Waals surface area contributed by atoms with Gasteiger partial charge < -0.3 is 30.7 Å². The Morgan fingerprint density at radius 1 is 1.16 bits per heavy atom. The minimum absolute atomic E-state index is 0.0446. The first-order chi connectivity index (χ1) is 18.3. The molecule has 0 radical (unpaired) electrons. The average molecular weight is 526 g/mol. The average Bonchev–Trinajstić information content (AvgIpc) is 3.60. The molecule has 4 N–H and O–H groups in total. The van der Waals surface area contributed by atoms with Crippen LogP contribution in [0.1, 0.15) is 48.2 Å². The van der Waals surface area contributed by atoms with E-state index in [0.29, 0.717) is 36.8 Å². The molecular weight excluding hydrogens is 493 g/mol. The van der Waals surface area contributed by atoms with Gasteiger partial charge in [0.2, 0.25) is 0 Å². The Balaban J connectivity index is 0.00000164. The molecule has 2 saturated heterocycles. The summed E-state index contributed by atoms with van der Waals surface area (Å²) in [4.78, 5) is 45.7. The number of morpholine rings is 1. The third-order valence-corrected chi connectivity index (χ3v) is 6.63. The summed E-state index contributed by atoms with van der Waals surface area (Å²) in [6.07, 6.45) is -1.52. The quantitative estimate of drug-likeness (QED) is 0.546. The largest absolute Gasteiger partial charge is 0.383 e. The number of rotatable bonds is 5. The lowest BCUT2D eigenvalue weighted by molar-refractivity contribution is -0.150. The van der Waals surface area contributed by atoms with E-state index in [-0.39, 0.29) is 18.7 Å². The summed E-state index contributed by atoms with van der Waals surface area (Å²) >= 11 is 0. The number of carbonyl (C=O) groups excluding carboxylic acids is 3. The number of fused-ring (bicyclic) bond motifs is 1. The van der Waals surface area contributed by atoms with Crippen LogP contribution in [0.5, 0.6) is 0 Å². The smallest absolute Gasteiger partial charge is 0.259 e. The number of nitrogens with zero attached hydrogens (tertiary/aromatic N) is 3. The molecule has 2 fully saturated rings. The monoisotopic (exact) mass is 525 g/mol. The molecule has 11 heteroatoms. The van der Waals surface area contributed by atoms with Crippen LogP contribution in [0.15, 0.2) is 41.4 Å². The van der Waals surface area contributed by atoms with Crippen LogP contribution in [0.3, 0.4) is 0 Å². The predicted octanol–water partition coefficient (Wildman–Crippen LogP) is 2.04. The fraction of sp³-hybridized carbons (Fsp3) is 0.407. The minimum Gasteiger partial charge on any atom is -0.383 e. The summed E-state index contributed by atoms with van der Waals surface area (Å²) in [6, 6.07) is 8.93. The zero-order valence-corrected chi connectivity index (χ0v) is 21.4. The molecule has 3 aliphatic heterocycles. The first kappa shape index (κ1) is 27.2. The van der Waals surface area contributed by atoms with E-state index in [9.17, 15) is 23.9 Å². The summed E-state index contributed by atoms with van der Waals surface area (Å²) in [6.45, 7) is 5.69. The van der Waals surface area contributed by atoms with Gasteiger partial charge in [0.25, 0.3) is 17.7 Å². The van der Waals surface area contributed by atoms with Gasteiger partial charge in [-0.25, -0.2) is 4.39 Å². The molecule has 2 aromatic rings. The van der Waals surface area contributed by atoms with Crippen molar-refractivity contribution in [1.82, 2.24) is 4.90 Å². The molecule has 2 atom stereocenters. The highest BCUT2D eigenvalue weighted by Crippen LogP contribution is 2.26. The molecule has 202 valence electrons. The van der Waals surface area contributed by atoms with Crippen LogP contribution in [0.4, 0.5) is 15.8 Å². The maximum Gasteiger partial charge on any atom is 0.259 e. The zero-order chi connectivity index (χ0) is 27.4. The second kappa shape index (κ2) is 11.7. The second-order valence-corrected chi connectivity index (χ2v) is 8.95. The Morgan fingerprint density at radius 2 is 1.89 bits per heavy atom. The lowest BCUT2D eigenvalue weighted by atomic mass is 10.1. The lowest BCUT2D eigenvalue weighted by Crippen LogP contribution is -2.55. The Bertz CT molecular complexity index is 1260. The molecule has 38 heavy (non-hydrogen) atoms. The summed E-state index contributed by atoms with van der Waals surface area (Å²) in [5.74, 6) is -2.15. The number of benzene rings is 2. The van der Waals surface area contributed by atoms with Gasteiger partial charge in [-0.15, -0.1) is 0 Å². The number of amidine groups is 1. The highest BCUT2D eigenvalue weighted by molar-refractivity contribution is 6.05. The second-order valence-electron chi connectivity index (χ2n) is 8.95. The van der Waals surface area contributed by atoms with Gasteiger partial charge in [0.1, 0.15) is 11.7 Å². The van der Waals surface area contributed by atoms with Crippen molar-refractivity contribution >= 4 is 34.9 Å². The van der Waals surface area contributed by atoms with Crippen molar-refractivity contribution in [3.05, 3.63) is 58.9 Å². The van der Waals surface area contributed by atoms with E-state index in [0.717, 1.165) is 30.0 Å². The lowest BCUT2D eigenvalue weighted by Gasteiger charge is -2.34. The van der Waals surface area contributed by atoms with E-state index in [4.69, 9.17) is 10.5 Å². The van der Waals surface area contributed by atoms with E-state index in [1.807, 2.05) is 13.8 Å². The summed E-state index contributed by atoms with van der Waals surface area (Å²) in [7, 11) is 0. The van der Waals surface area contributed by atoms with E-state index < -0.39 is 35.7 Å². The molecule has 3 amide bonds. The number of carbonyl (C=O) groups is 3. The van der Waals surface area contributed by atoms with Gasteiger partial charge in [-0.05, 0) is 54.8 Å². The third-order valence-electron chi connectivity index (χ3n) is 6.63. The highest BCUT2D eigenvalue weighted by Gasteiger charge is 2.40. The maximum absolute atomic E-state index is 14.5. The number of hydrogen-bond donors (Lipinski definition) is 3. The molecule has 3 aliphatic rings. The number of likely N-dealkylation sites (tertiary alicyclic amines) is 1. The van der Waals surface area contributed by atoms with Crippen molar-refractivity contribution in [3.8, 4) is 0 Å². The van der Waals surface area contributed by atoms with Crippen molar-refractivity contribution in [2.75, 3.05) is 36.5 Å². The first-order valence-electron chi connectivity index (χ1n) is 12.8. The Morgan fingerprint density at radius 3 is 2.63 bits per heavy atom. The number of ether oxygens (including phenoxy) is 1. The number of nitrogens with one attached hydrogen (secondary N) is 1. The number of aliphatic hydroxyl groups excluding tert-OH is 1. The zero-order valence-electron chi connectivity index (χ0n) is 21.4. The van der Waals surface area contributed by atoms with Gasteiger partial charge in [-0.2, -0.15) is 0 Å². The van der Waals surface area contributed by atoms with Crippen molar-refractivity contribution in [2.24, 2.45) is 10.7 Å². The number of amides is 3. The van der Waals surface area contributed by atoms with Crippen LogP contribution in [-0.4, -0.2) is 72.0 Å². The van der Waals surface area contributed by atoms with Crippen LogP contribution in [-0.2, 0) is 20.9 Å². The van der Waals surface area contributed by atoms with Crippen molar-refractivity contribution in [2.45, 2.75) is 45.4 Å². The highest BCUT2D eigenvalue weighted by atomic mass is 19.1. The van der Waals surface area contributed by atoms with Gasteiger partial charge in [0.15, 0.2) is 12.2 Å². The Hall–Kier alpha value is -3.83. The van der Waals surface area contributed by atoms with Crippen LogP contribution in [0, 0.1) is 5.82 Å². The van der Waals surface area contributed by atoms with E-state index in [2.05, 4.69) is 10.3 Å². The third kappa shape index (κ3) is 5.39. The van der Waals surface area contributed by atoms with E-state index >= 15 is 0 Å². The molecule has 5 rings (SSSR count). The first-order valence-corrected chi connectivity index (χ1v) is 12.8. The maximum atomic E-state index is 14.5. The standard InChI is InChI=1S/C25H26FN5O5.C2H6/c26-19-6-4-16(12-18(19)24(34)30-7-1-2-8-30)31-9-10-36-21(25(31)35)20(32)23(33)29-15-3-5-17-14(11-15)13-28-22(17)27;1-2/h3-6,11-12,20-21,32H,1-2,7-10,13H2,(H2,27,28)(H,29,33);1-2H3. The molecular formula is C27H32FN5O5. The predicted molar refractivity (Wildman–Crippen MR) is 140 cm³/mol. The molecule has 3 heterocycles. The van der Waals surface area contributed by atoms with Gasteiger partial charge >= 0.3 is 0 Å². The van der Waals surface area contributed by atoms with Gasteiger partial charge in [-0.3, -0.25) is 19.4 Å². The van der Waals surface area contributed by atoms with Crippen LogP contribution >= 0.6 is 0 Å². The molecule has 0 aromatic heterocycles. The SMILES string of the molecule is CC.NC1=NCc2cc(NC(=O)C(O)C3OCCN(c4ccc(F)c(C(=O)N5CCCC5)c4)C3=O)ccc21. The van der Waals surface area contributed by atoms with Crippen molar-refractivity contribution in [3.63, 3.8) is 0 Å². The number of nitrogens with two attached hydrogens (primary N) is 1. The van der Waals surface area contributed by atoms with Crippen molar-refractivity contribution in [1.29, 1.82) is 0 Å². The van der Waals surface area contributed by atoms with Gasteiger partial charge in [0, 0.05) is 36.6 Å². The Labute approximate surface area is 220 Å². The number of halogens is 1. The van der Waals surface area contributed by atoms with E-state index in [1.54, 1.807) is 23.1 Å². The molecule has 10 nitrogen and oxygen atoms in total. The summed E-state index contributed by atoms with van der Waals surface area (Å²) in [5, 5.41) is 13.2. The molecule has 2 aromatic carbocycles. The normalized spacial score (nSPS) is 19.3.